The van der Waals surface area contributed by atoms with E-state index < -0.39 is 35.3 Å². The number of aromatic carboxylic acids is 1. The summed E-state index contributed by atoms with van der Waals surface area (Å²) in [6.07, 6.45) is 0. The molecule has 0 aliphatic rings. The summed E-state index contributed by atoms with van der Waals surface area (Å²) >= 11 is 0. The summed E-state index contributed by atoms with van der Waals surface area (Å²) in [5, 5.41) is 15.1. The standard InChI is InChI=1S/C21H19N3O8/c1-11(25)17(18(26)22-14-7-4-12(5-8-14)19(27)28)24-23-16-10-13(20(29)31-2)6-9-15(16)21(30)32-3/h4-10,23H,1-3H3,(H,22,26)(H,27,28)/b24-17-. The predicted molar refractivity (Wildman–Crippen MR) is 113 cm³/mol. The minimum atomic E-state index is -1.13. The summed E-state index contributed by atoms with van der Waals surface area (Å²) in [6, 6.07) is 9.15. The van der Waals surface area contributed by atoms with Gasteiger partial charge >= 0.3 is 17.9 Å². The lowest BCUT2D eigenvalue weighted by Crippen LogP contribution is -2.29. The van der Waals surface area contributed by atoms with Gasteiger partial charge in [-0.15, -0.1) is 0 Å². The molecule has 3 N–H and O–H groups in total. The largest absolute Gasteiger partial charge is 0.478 e. The van der Waals surface area contributed by atoms with Gasteiger partial charge in [0.1, 0.15) is 0 Å². The van der Waals surface area contributed by atoms with Gasteiger partial charge < -0.3 is 19.9 Å². The van der Waals surface area contributed by atoms with Crippen LogP contribution < -0.4 is 10.7 Å². The van der Waals surface area contributed by atoms with Gasteiger partial charge in [-0.25, -0.2) is 14.4 Å². The van der Waals surface area contributed by atoms with Crippen molar-refractivity contribution in [3.63, 3.8) is 0 Å². The van der Waals surface area contributed by atoms with E-state index in [-0.39, 0.29) is 28.1 Å². The van der Waals surface area contributed by atoms with Gasteiger partial charge in [-0.2, -0.15) is 5.10 Å². The van der Waals surface area contributed by atoms with Gasteiger partial charge in [-0.1, -0.05) is 0 Å². The van der Waals surface area contributed by atoms with Crippen molar-refractivity contribution in [2.45, 2.75) is 6.92 Å². The minimum Gasteiger partial charge on any atom is -0.478 e. The average molecular weight is 441 g/mol. The minimum absolute atomic E-state index is 0.00267. The summed E-state index contributed by atoms with van der Waals surface area (Å²) in [6.45, 7) is 1.11. The lowest BCUT2D eigenvalue weighted by molar-refractivity contribution is -0.114. The topological polar surface area (TPSA) is 160 Å². The van der Waals surface area contributed by atoms with E-state index in [1.54, 1.807) is 0 Å². The van der Waals surface area contributed by atoms with Gasteiger partial charge in [0, 0.05) is 12.6 Å². The van der Waals surface area contributed by atoms with Crippen molar-refractivity contribution in [1.29, 1.82) is 0 Å². The molecular formula is C21H19N3O8. The third-order valence-corrected chi connectivity index (χ3v) is 4.07. The van der Waals surface area contributed by atoms with E-state index in [1.165, 1.54) is 49.6 Å². The number of ketones is 1. The zero-order valence-electron chi connectivity index (χ0n) is 17.3. The van der Waals surface area contributed by atoms with Gasteiger partial charge in [0.05, 0.1) is 36.6 Å². The van der Waals surface area contributed by atoms with Crippen molar-refractivity contribution in [1.82, 2.24) is 0 Å². The molecule has 0 atom stereocenters. The Balaban J connectivity index is 2.33. The zero-order chi connectivity index (χ0) is 23.8. The molecule has 0 heterocycles. The Morgan fingerprint density at radius 3 is 2.00 bits per heavy atom. The number of methoxy groups -OCH3 is 2. The number of anilines is 2. The molecule has 0 aliphatic carbocycles. The van der Waals surface area contributed by atoms with E-state index in [4.69, 9.17) is 5.11 Å². The van der Waals surface area contributed by atoms with Crippen molar-refractivity contribution in [3.05, 3.63) is 59.2 Å². The number of nitrogens with one attached hydrogen (secondary N) is 2. The number of amides is 1. The number of hydrazone groups is 1. The van der Waals surface area contributed by atoms with Gasteiger partial charge in [0.25, 0.3) is 5.91 Å². The van der Waals surface area contributed by atoms with Crippen LogP contribution in [0.4, 0.5) is 11.4 Å². The number of ether oxygens (including phenoxy) is 2. The number of esters is 2. The average Bonchev–Trinajstić information content (AvgIpc) is 2.78. The molecule has 2 rings (SSSR count). The van der Waals surface area contributed by atoms with Crippen molar-refractivity contribution >= 4 is 46.7 Å². The number of carbonyl (C=O) groups is 5. The van der Waals surface area contributed by atoms with E-state index in [9.17, 15) is 24.0 Å². The molecule has 0 saturated heterocycles. The first-order valence-corrected chi connectivity index (χ1v) is 8.98. The number of carbonyl (C=O) groups excluding carboxylic acids is 4. The van der Waals surface area contributed by atoms with Crippen molar-refractivity contribution in [3.8, 4) is 0 Å². The number of benzene rings is 2. The SMILES string of the molecule is COC(=O)c1ccc(C(=O)OC)c(N/N=C(/C(C)=O)C(=O)Nc2ccc(C(=O)O)cc2)c1. The fraction of sp³-hybridized carbons (Fsp3) is 0.143. The molecule has 0 aromatic heterocycles. The molecule has 2 aromatic rings. The second kappa shape index (κ2) is 10.5. The van der Waals surface area contributed by atoms with Gasteiger partial charge in [-0.05, 0) is 42.5 Å². The normalized spacial score (nSPS) is 10.7. The molecule has 11 nitrogen and oxygen atoms in total. The Morgan fingerprint density at radius 1 is 0.875 bits per heavy atom. The molecule has 0 fully saturated rings. The first-order chi connectivity index (χ1) is 15.2. The van der Waals surface area contributed by atoms with Crippen LogP contribution in [0.5, 0.6) is 0 Å². The number of rotatable bonds is 8. The molecule has 0 aliphatic heterocycles. The molecule has 1 amide bonds. The van der Waals surface area contributed by atoms with Crippen molar-refractivity contribution < 1.29 is 38.6 Å². The number of carboxylic acid groups (broad SMARTS) is 1. The predicted octanol–water partition coefficient (Wildman–Crippen LogP) is 1.95. The Hall–Kier alpha value is -4.54. The van der Waals surface area contributed by atoms with Crippen LogP contribution in [0.1, 0.15) is 38.0 Å². The monoisotopic (exact) mass is 441 g/mol. The Labute approximate surface area is 182 Å². The molecule has 0 radical (unpaired) electrons. The highest BCUT2D eigenvalue weighted by Crippen LogP contribution is 2.20. The van der Waals surface area contributed by atoms with Crippen LogP contribution in [0.3, 0.4) is 0 Å². The maximum Gasteiger partial charge on any atom is 0.340 e. The molecular weight excluding hydrogens is 422 g/mol. The number of nitrogens with zero attached hydrogens (tertiary/aromatic N) is 1. The van der Waals surface area contributed by atoms with E-state index in [1.807, 2.05) is 0 Å². The molecule has 32 heavy (non-hydrogen) atoms. The zero-order valence-corrected chi connectivity index (χ0v) is 17.3. The fourth-order valence-electron chi connectivity index (χ4n) is 2.46. The fourth-order valence-corrected chi connectivity index (χ4v) is 2.46. The lowest BCUT2D eigenvalue weighted by atomic mass is 10.1. The van der Waals surface area contributed by atoms with Gasteiger partial charge in [0.2, 0.25) is 0 Å². The van der Waals surface area contributed by atoms with E-state index in [2.05, 4.69) is 25.3 Å². The Morgan fingerprint density at radius 2 is 1.47 bits per heavy atom. The first kappa shape index (κ1) is 23.7. The highest BCUT2D eigenvalue weighted by Gasteiger charge is 2.20. The maximum absolute atomic E-state index is 12.5. The molecule has 0 unspecified atom stereocenters. The number of Topliss-reactive ketones (excluding diaryl/α,β-unsaturated/α-hetero) is 1. The third-order valence-electron chi connectivity index (χ3n) is 4.07. The number of hydrogen-bond donors (Lipinski definition) is 3. The molecule has 2 aromatic carbocycles. The van der Waals surface area contributed by atoms with Crippen LogP contribution in [0, 0.1) is 0 Å². The highest BCUT2D eigenvalue weighted by molar-refractivity contribution is 6.67. The van der Waals surface area contributed by atoms with Gasteiger partial charge in [-0.3, -0.25) is 15.0 Å². The van der Waals surface area contributed by atoms with Crippen LogP contribution in [0.15, 0.2) is 47.6 Å². The lowest BCUT2D eigenvalue weighted by Gasteiger charge is -2.11. The van der Waals surface area contributed by atoms with Crippen LogP contribution in [-0.2, 0) is 19.1 Å². The summed E-state index contributed by atoms with van der Waals surface area (Å²) in [5.74, 6) is -4.12. The molecule has 11 heteroatoms. The second-order valence-electron chi connectivity index (χ2n) is 6.21. The van der Waals surface area contributed by atoms with E-state index in [0.717, 1.165) is 14.0 Å². The molecule has 166 valence electrons. The second-order valence-corrected chi connectivity index (χ2v) is 6.21. The number of carboxylic acids is 1. The summed E-state index contributed by atoms with van der Waals surface area (Å²) < 4.78 is 9.32. The van der Waals surface area contributed by atoms with E-state index in [0.29, 0.717) is 0 Å². The van der Waals surface area contributed by atoms with E-state index >= 15 is 0 Å². The van der Waals surface area contributed by atoms with Crippen LogP contribution in [-0.4, -0.2) is 54.6 Å². The molecule has 0 bridgehead atoms. The summed E-state index contributed by atoms with van der Waals surface area (Å²) in [7, 11) is 2.34. The van der Waals surface area contributed by atoms with Crippen LogP contribution >= 0.6 is 0 Å². The van der Waals surface area contributed by atoms with Crippen molar-refractivity contribution in [2.24, 2.45) is 5.10 Å². The van der Waals surface area contributed by atoms with Crippen LogP contribution in [0.2, 0.25) is 0 Å². The van der Waals surface area contributed by atoms with Crippen molar-refractivity contribution in [2.75, 3.05) is 25.0 Å². The maximum atomic E-state index is 12.5. The summed E-state index contributed by atoms with van der Waals surface area (Å²) in [5.41, 5.74) is 2.24. The Bertz CT molecular complexity index is 1110. The smallest absolute Gasteiger partial charge is 0.340 e. The summed E-state index contributed by atoms with van der Waals surface area (Å²) in [4.78, 5) is 59.2. The highest BCUT2D eigenvalue weighted by atomic mass is 16.5. The molecule has 0 saturated carbocycles. The Kier molecular flexibility index (Phi) is 7.77. The number of hydrogen-bond acceptors (Lipinski definition) is 9. The third kappa shape index (κ3) is 5.75. The van der Waals surface area contributed by atoms with Crippen LogP contribution in [0.25, 0.3) is 0 Å². The van der Waals surface area contributed by atoms with Gasteiger partial charge in [0.15, 0.2) is 11.5 Å². The quantitative estimate of drug-likeness (QED) is 0.241. The molecule has 0 spiro atoms. The first-order valence-electron chi connectivity index (χ1n) is 8.98.